The first-order valence-corrected chi connectivity index (χ1v) is 8.58. The van der Waals surface area contributed by atoms with Crippen LogP contribution >= 0.6 is 11.6 Å². The molecule has 0 N–H and O–H groups in total. The molecule has 4 nitrogen and oxygen atoms in total. The highest BCUT2D eigenvalue weighted by atomic mass is 35.5. The number of halogens is 4. The minimum absolute atomic E-state index is 0.0173. The van der Waals surface area contributed by atoms with E-state index >= 15 is 0 Å². The van der Waals surface area contributed by atoms with Gasteiger partial charge in [0.05, 0.1) is 0 Å². The van der Waals surface area contributed by atoms with Gasteiger partial charge in [-0.2, -0.15) is 5.10 Å². The van der Waals surface area contributed by atoms with E-state index in [0.717, 1.165) is 0 Å². The highest BCUT2D eigenvalue weighted by Gasteiger charge is 2.35. The fourth-order valence-corrected chi connectivity index (χ4v) is 3.50. The fourth-order valence-electron chi connectivity index (χ4n) is 3.27. The Morgan fingerprint density at radius 2 is 2.00 bits per heavy atom. The van der Waals surface area contributed by atoms with Gasteiger partial charge in [0.1, 0.15) is 11.6 Å². The normalized spacial score (nSPS) is 17.8. The Hall–Kier alpha value is -1.76. The third-order valence-corrected chi connectivity index (χ3v) is 5.11. The van der Waals surface area contributed by atoms with Crippen LogP contribution in [0.2, 0.25) is 5.02 Å². The maximum absolute atomic E-state index is 14.0. The molecule has 1 aromatic heterocycles. The molecule has 0 spiro atoms. The van der Waals surface area contributed by atoms with Gasteiger partial charge in [0.25, 0.3) is 0 Å². The average Bonchev–Trinajstić information content (AvgIpc) is 2.80. The van der Waals surface area contributed by atoms with Gasteiger partial charge in [-0.3, -0.25) is 4.57 Å². The van der Waals surface area contributed by atoms with Crippen molar-refractivity contribution >= 4 is 11.6 Å². The van der Waals surface area contributed by atoms with Crippen molar-refractivity contribution in [3.05, 3.63) is 50.9 Å². The Labute approximate surface area is 148 Å². The topological polar surface area (TPSA) is 39.8 Å². The lowest BCUT2D eigenvalue weighted by molar-refractivity contribution is -0.0474. The first kappa shape index (κ1) is 18.0. The molecule has 0 atom stereocenters. The lowest BCUT2D eigenvalue weighted by Gasteiger charge is -2.28. The predicted molar refractivity (Wildman–Crippen MR) is 88.6 cm³/mol. The summed E-state index contributed by atoms with van der Waals surface area (Å²) in [7, 11) is 1.51. The smallest absolute Gasteiger partial charge is 0.278 e. The minimum atomic E-state index is -2.61. The third-order valence-electron chi connectivity index (χ3n) is 4.76. The van der Waals surface area contributed by atoms with Gasteiger partial charge in [0, 0.05) is 43.4 Å². The summed E-state index contributed by atoms with van der Waals surface area (Å²) in [6.45, 7) is 0.310. The molecule has 1 aliphatic carbocycles. The SMILES string of the molecule is Cn1nc(Cc2c(F)cccc2Cl)n(CC2CCC(F)(F)CC2)c1=O. The maximum atomic E-state index is 14.0. The van der Waals surface area contributed by atoms with E-state index in [1.54, 1.807) is 6.07 Å². The Kier molecular flexibility index (Phi) is 4.95. The second-order valence-corrected chi connectivity index (χ2v) is 7.02. The summed E-state index contributed by atoms with van der Waals surface area (Å²) in [5.74, 6) is -2.71. The zero-order valence-corrected chi connectivity index (χ0v) is 14.6. The zero-order valence-electron chi connectivity index (χ0n) is 13.8. The molecule has 136 valence electrons. The Balaban J connectivity index is 1.84. The molecule has 1 aliphatic rings. The number of rotatable bonds is 4. The third kappa shape index (κ3) is 3.92. The molecule has 3 rings (SSSR count). The number of aromatic nitrogens is 3. The van der Waals surface area contributed by atoms with Crippen molar-refractivity contribution in [3.8, 4) is 0 Å². The summed E-state index contributed by atoms with van der Waals surface area (Å²) >= 11 is 6.06. The summed E-state index contributed by atoms with van der Waals surface area (Å²) in [5.41, 5.74) is -0.0639. The van der Waals surface area contributed by atoms with E-state index in [1.165, 1.54) is 28.4 Å². The van der Waals surface area contributed by atoms with E-state index < -0.39 is 11.7 Å². The van der Waals surface area contributed by atoms with Crippen LogP contribution in [0.4, 0.5) is 13.2 Å². The second-order valence-electron chi connectivity index (χ2n) is 6.61. The summed E-state index contributed by atoms with van der Waals surface area (Å²) in [6, 6.07) is 4.39. The molecule has 0 unspecified atom stereocenters. The van der Waals surface area contributed by atoms with Crippen LogP contribution in [0, 0.1) is 11.7 Å². The monoisotopic (exact) mass is 373 g/mol. The van der Waals surface area contributed by atoms with E-state index in [-0.39, 0.29) is 41.5 Å². The predicted octanol–water partition coefficient (Wildman–Crippen LogP) is 3.79. The maximum Gasteiger partial charge on any atom is 0.345 e. The highest BCUT2D eigenvalue weighted by molar-refractivity contribution is 6.31. The first-order chi connectivity index (χ1) is 11.8. The van der Waals surface area contributed by atoms with Crippen LogP contribution in [0.3, 0.4) is 0 Å². The second kappa shape index (κ2) is 6.86. The quantitative estimate of drug-likeness (QED) is 0.818. The number of alkyl halides is 2. The average molecular weight is 374 g/mol. The van der Waals surface area contributed by atoms with E-state index in [2.05, 4.69) is 5.10 Å². The van der Waals surface area contributed by atoms with Gasteiger partial charge >= 0.3 is 5.69 Å². The van der Waals surface area contributed by atoms with Crippen LogP contribution in [-0.2, 0) is 20.0 Å². The molecule has 2 aromatic rings. The molecule has 0 radical (unpaired) electrons. The van der Waals surface area contributed by atoms with E-state index in [1.807, 2.05) is 0 Å². The minimum Gasteiger partial charge on any atom is -0.278 e. The number of nitrogens with zero attached hydrogens (tertiary/aromatic N) is 3. The van der Waals surface area contributed by atoms with Crippen LogP contribution in [0.25, 0.3) is 0 Å². The van der Waals surface area contributed by atoms with Crippen molar-refractivity contribution in [2.75, 3.05) is 0 Å². The van der Waals surface area contributed by atoms with Crippen molar-refractivity contribution in [3.63, 3.8) is 0 Å². The summed E-state index contributed by atoms with van der Waals surface area (Å²) in [4.78, 5) is 12.3. The van der Waals surface area contributed by atoms with Crippen molar-refractivity contribution in [2.45, 2.75) is 44.6 Å². The van der Waals surface area contributed by atoms with E-state index in [4.69, 9.17) is 11.6 Å². The molecule has 1 fully saturated rings. The molecule has 0 amide bonds. The van der Waals surface area contributed by atoms with Crippen molar-refractivity contribution in [1.29, 1.82) is 0 Å². The molecule has 1 aromatic carbocycles. The van der Waals surface area contributed by atoms with Crippen LogP contribution in [0.1, 0.15) is 37.1 Å². The van der Waals surface area contributed by atoms with Crippen molar-refractivity contribution < 1.29 is 13.2 Å². The summed E-state index contributed by atoms with van der Waals surface area (Å²) in [5, 5.41) is 4.44. The Morgan fingerprint density at radius 3 is 2.64 bits per heavy atom. The van der Waals surface area contributed by atoms with Gasteiger partial charge in [0.2, 0.25) is 5.92 Å². The van der Waals surface area contributed by atoms with Crippen LogP contribution in [0.5, 0.6) is 0 Å². The van der Waals surface area contributed by atoms with Gasteiger partial charge in [-0.05, 0) is 30.9 Å². The highest BCUT2D eigenvalue weighted by Crippen LogP contribution is 2.36. The number of hydrogen-bond donors (Lipinski definition) is 0. The molecule has 0 aliphatic heterocycles. The van der Waals surface area contributed by atoms with Gasteiger partial charge in [0.15, 0.2) is 0 Å². The molecule has 1 heterocycles. The van der Waals surface area contributed by atoms with E-state index in [9.17, 15) is 18.0 Å². The van der Waals surface area contributed by atoms with Gasteiger partial charge < -0.3 is 0 Å². The standard InChI is InChI=1S/C17H19ClF3N3O/c1-23-16(25)24(10-11-5-7-17(20,21)8-6-11)15(22-23)9-12-13(18)3-2-4-14(12)19/h2-4,11H,5-10H2,1H3. The first-order valence-electron chi connectivity index (χ1n) is 8.20. The Morgan fingerprint density at radius 1 is 1.32 bits per heavy atom. The van der Waals surface area contributed by atoms with Gasteiger partial charge in [-0.1, -0.05) is 17.7 Å². The fraction of sp³-hybridized carbons (Fsp3) is 0.529. The van der Waals surface area contributed by atoms with Gasteiger partial charge in [-0.15, -0.1) is 0 Å². The van der Waals surface area contributed by atoms with Crippen LogP contribution < -0.4 is 5.69 Å². The largest absolute Gasteiger partial charge is 0.345 e. The van der Waals surface area contributed by atoms with E-state index in [0.29, 0.717) is 25.2 Å². The summed E-state index contributed by atoms with van der Waals surface area (Å²) < 4.78 is 43.3. The molecule has 1 saturated carbocycles. The van der Waals surface area contributed by atoms with Crippen molar-refractivity contribution in [1.82, 2.24) is 14.3 Å². The lowest BCUT2D eigenvalue weighted by atomic mass is 9.86. The van der Waals surface area contributed by atoms with Crippen LogP contribution in [-0.4, -0.2) is 20.3 Å². The Bertz CT molecular complexity index is 801. The van der Waals surface area contributed by atoms with Gasteiger partial charge in [-0.25, -0.2) is 22.6 Å². The molecule has 0 saturated heterocycles. The zero-order chi connectivity index (χ0) is 18.2. The van der Waals surface area contributed by atoms with Crippen molar-refractivity contribution in [2.24, 2.45) is 13.0 Å². The molecule has 25 heavy (non-hydrogen) atoms. The number of aryl methyl sites for hydroxylation is 1. The summed E-state index contributed by atoms with van der Waals surface area (Å²) in [6.07, 6.45) is 0.454. The van der Waals surface area contributed by atoms with Crippen LogP contribution in [0.15, 0.2) is 23.0 Å². The molecule has 8 heteroatoms. The molecule has 0 bridgehead atoms. The molecular formula is C17H19ClF3N3O. The number of hydrogen-bond acceptors (Lipinski definition) is 2. The molecular weight excluding hydrogens is 355 g/mol. The number of benzene rings is 1. The lowest BCUT2D eigenvalue weighted by Crippen LogP contribution is -2.31.